The molecule has 0 radical (unpaired) electrons. The van der Waals surface area contributed by atoms with E-state index in [0.29, 0.717) is 5.01 Å². The van der Waals surface area contributed by atoms with Gasteiger partial charge in [0.1, 0.15) is 16.9 Å². The predicted octanol–water partition coefficient (Wildman–Crippen LogP) is 2.54. The van der Waals surface area contributed by atoms with Crippen molar-refractivity contribution in [2.24, 2.45) is 0 Å². The van der Waals surface area contributed by atoms with E-state index in [2.05, 4.69) is 25.0 Å². The smallest absolute Gasteiger partial charge is 0.280 e. The van der Waals surface area contributed by atoms with E-state index in [4.69, 9.17) is 11.6 Å². The Kier molecular flexibility index (Phi) is 5.59. The molecule has 1 aromatic carbocycles. The minimum atomic E-state index is -3.92. The van der Waals surface area contributed by atoms with Crippen LogP contribution in [0.4, 0.5) is 10.1 Å². The maximum absolute atomic E-state index is 13.3. The van der Waals surface area contributed by atoms with E-state index in [0.717, 1.165) is 20.9 Å². The lowest BCUT2D eigenvalue weighted by Crippen LogP contribution is -2.55. The standard InChI is InChI=1S/C17H16ClFN6O3S2/c1-25-14(16(26)23-9-2-3-11(19)10(18)4-9)5-12(24-30(25,27)28)17-21-7-15(29-17)13-6-20-8-22-13/h2-4,6-8,12,14,24H,5H2,1H3,(H,20,22)(H,23,26)/t12-,14+/m0/s1. The fourth-order valence-electron chi connectivity index (χ4n) is 3.04. The summed E-state index contributed by atoms with van der Waals surface area (Å²) in [5.74, 6) is -1.17. The summed E-state index contributed by atoms with van der Waals surface area (Å²) in [5, 5.41) is 2.97. The lowest BCUT2D eigenvalue weighted by molar-refractivity contribution is -0.120. The molecule has 3 aromatic rings. The first-order valence-electron chi connectivity index (χ1n) is 8.70. The molecule has 158 valence electrons. The van der Waals surface area contributed by atoms with E-state index in [1.165, 1.54) is 36.8 Å². The fourth-order valence-corrected chi connectivity index (χ4v) is 5.50. The van der Waals surface area contributed by atoms with Crippen molar-refractivity contribution in [2.45, 2.75) is 18.5 Å². The van der Waals surface area contributed by atoms with Gasteiger partial charge < -0.3 is 10.3 Å². The van der Waals surface area contributed by atoms with Crippen LogP contribution in [0.5, 0.6) is 0 Å². The van der Waals surface area contributed by atoms with Gasteiger partial charge in [-0.25, -0.2) is 14.4 Å². The summed E-state index contributed by atoms with van der Waals surface area (Å²) in [4.78, 5) is 24.9. The first kappa shape index (κ1) is 20.9. The van der Waals surface area contributed by atoms with Crippen molar-refractivity contribution in [3.05, 3.63) is 52.8 Å². The second-order valence-corrected chi connectivity index (χ2v) is 9.82. The van der Waals surface area contributed by atoms with E-state index in [-0.39, 0.29) is 17.1 Å². The van der Waals surface area contributed by atoms with Crippen molar-refractivity contribution in [3.8, 4) is 10.6 Å². The molecule has 30 heavy (non-hydrogen) atoms. The summed E-state index contributed by atoms with van der Waals surface area (Å²) in [6.07, 6.45) is 4.96. The summed E-state index contributed by atoms with van der Waals surface area (Å²) < 4.78 is 42.0. The highest BCUT2D eigenvalue weighted by Gasteiger charge is 2.41. The molecule has 0 unspecified atom stereocenters. The quantitative estimate of drug-likeness (QED) is 0.541. The third kappa shape index (κ3) is 4.09. The molecule has 1 amide bonds. The van der Waals surface area contributed by atoms with Gasteiger partial charge >= 0.3 is 0 Å². The Hall–Kier alpha value is -2.38. The average Bonchev–Trinajstić information content (AvgIpc) is 3.38. The second kappa shape index (κ2) is 8.04. The number of thiazole rings is 1. The van der Waals surface area contributed by atoms with E-state index >= 15 is 0 Å². The summed E-state index contributed by atoms with van der Waals surface area (Å²) in [6, 6.07) is 2.06. The molecule has 0 bridgehead atoms. The van der Waals surface area contributed by atoms with Crippen molar-refractivity contribution in [1.82, 2.24) is 24.0 Å². The molecule has 1 saturated heterocycles. The number of carbonyl (C=O) groups is 1. The Bertz CT molecular complexity index is 1180. The number of amides is 1. The molecule has 1 aliphatic heterocycles. The number of H-pyrrole nitrogens is 1. The van der Waals surface area contributed by atoms with E-state index in [9.17, 15) is 17.6 Å². The highest BCUT2D eigenvalue weighted by atomic mass is 35.5. The molecule has 0 saturated carbocycles. The molecule has 3 heterocycles. The number of anilines is 1. The maximum Gasteiger partial charge on any atom is 0.280 e. The Morgan fingerprint density at radius 3 is 2.90 bits per heavy atom. The van der Waals surface area contributed by atoms with Gasteiger partial charge in [-0.05, 0) is 24.6 Å². The van der Waals surface area contributed by atoms with Crippen LogP contribution in [0.3, 0.4) is 0 Å². The van der Waals surface area contributed by atoms with Gasteiger partial charge in [0.15, 0.2) is 0 Å². The van der Waals surface area contributed by atoms with Crippen molar-refractivity contribution >= 4 is 44.7 Å². The van der Waals surface area contributed by atoms with E-state index < -0.39 is 34.0 Å². The monoisotopic (exact) mass is 470 g/mol. The number of likely N-dealkylation sites (N-methyl/N-ethyl adjacent to an activating group) is 1. The number of hydrogen-bond acceptors (Lipinski definition) is 6. The molecule has 2 atom stereocenters. The normalized spacial score (nSPS) is 21.4. The number of hydrogen-bond donors (Lipinski definition) is 3. The van der Waals surface area contributed by atoms with Crippen molar-refractivity contribution in [1.29, 1.82) is 0 Å². The van der Waals surface area contributed by atoms with Gasteiger partial charge in [0.25, 0.3) is 10.2 Å². The van der Waals surface area contributed by atoms with E-state index in [1.54, 1.807) is 12.4 Å². The minimum Gasteiger partial charge on any atom is -0.344 e. The number of aromatic nitrogens is 3. The minimum absolute atomic E-state index is 0.147. The zero-order valence-corrected chi connectivity index (χ0v) is 17.9. The zero-order chi connectivity index (χ0) is 21.5. The molecule has 4 rings (SSSR count). The average molecular weight is 471 g/mol. The lowest BCUT2D eigenvalue weighted by atomic mass is 10.1. The number of carbonyl (C=O) groups excluding carboxylic acids is 1. The molecule has 3 N–H and O–H groups in total. The van der Waals surface area contributed by atoms with Gasteiger partial charge in [-0.3, -0.25) is 4.79 Å². The predicted molar refractivity (Wildman–Crippen MR) is 111 cm³/mol. The van der Waals surface area contributed by atoms with Crippen molar-refractivity contribution in [2.75, 3.05) is 12.4 Å². The van der Waals surface area contributed by atoms with Crippen LogP contribution < -0.4 is 10.0 Å². The third-order valence-corrected chi connectivity index (χ3v) is 7.67. The second-order valence-electron chi connectivity index (χ2n) is 6.59. The summed E-state index contributed by atoms with van der Waals surface area (Å²) in [6.45, 7) is 0. The van der Waals surface area contributed by atoms with Gasteiger partial charge in [0, 0.05) is 18.9 Å². The number of halogens is 2. The Labute approximate surface area is 180 Å². The van der Waals surface area contributed by atoms with Crippen LogP contribution in [0.15, 0.2) is 36.9 Å². The molecule has 9 nitrogen and oxygen atoms in total. The third-order valence-electron chi connectivity index (χ3n) is 4.64. The van der Waals surface area contributed by atoms with Crippen molar-refractivity contribution < 1.29 is 17.6 Å². The van der Waals surface area contributed by atoms with Crippen LogP contribution in [0.2, 0.25) is 5.02 Å². The highest BCUT2D eigenvalue weighted by Crippen LogP contribution is 2.33. The molecule has 1 fully saturated rings. The van der Waals surface area contributed by atoms with Gasteiger partial charge in [0.2, 0.25) is 5.91 Å². The SMILES string of the molecule is CN1[C@@H](C(=O)Nc2ccc(F)c(Cl)c2)C[C@@H](c2ncc(-c3cnc[nH]3)s2)NS1(=O)=O. The lowest BCUT2D eigenvalue weighted by Gasteiger charge is -2.35. The molecule has 0 aliphatic carbocycles. The topological polar surface area (TPSA) is 120 Å². The van der Waals surface area contributed by atoms with Crippen LogP contribution in [0.25, 0.3) is 10.6 Å². The number of benzene rings is 1. The maximum atomic E-state index is 13.3. The largest absolute Gasteiger partial charge is 0.344 e. The molecular formula is C17H16ClFN6O3S2. The van der Waals surface area contributed by atoms with Gasteiger partial charge in [0.05, 0.1) is 34.2 Å². The molecule has 2 aromatic heterocycles. The Morgan fingerprint density at radius 2 is 2.20 bits per heavy atom. The molecule has 1 aliphatic rings. The first-order valence-corrected chi connectivity index (χ1v) is 11.3. The van der Waals surface area contributed by atoms with Gasteiger partial charge in [-0.2, -0.15) is 17.4 Å². The summed E-state index contributed by atoms with van der Waals surface area (Å²) >= 11 is 7.05. The summed E-state index contributed by atoms with van der Waals surface area (Å²) in [5.41, 5.74) is 1.03. The van der Waals surface area contributed by atoms with Gasteiger partial charge in [-0.15, -0.1) is 11.3 Å². The van der Waals surface area contributed by atoms with Gasteiger partial charge in [-0.1, -0.05) is 11.6 Å². The fraction of sp³-hybridized carbons (Fsp3) is 0.235. The molecule has 0 spiro atoms. The molecular weight excluding hydrogens is 455 g/mol. The first-order chi connectivity index (χ1) is 14.2. The van der Waals surface area contributed by atoms with Crippen LogP contribution in [0, 0.1) is 5.82 Å². The number of nitrogens with zero attached hydrogens (tertiary/aromatic N) is 3. The number of imidazole rings is 1. The van der Waals surface area contributed by atoms with Crippen molar-refractivity contribution in [3.63, 3.8) is 0 Å². The van der Waals surface area contributed by atoms with Crippen LogP contribution in [0.1, 0.15) is 17.5 Å². The number of aromatic amines is 1. The Morgan fingerprint density at radius 1 is 1.40 bits per heavy atom. The molecule has 13 heteroatoms. The van der Waals surface area contributed by atoms with E-state index in [1.807, 2.05) is 0 Å². The summed E-state index contributed by atoms with van der Waals surface area (Å²) in [7, 11) is -2.60. The Balaban J connectivity index is 1.57. The van der Waals surface area contributed by atoms with Crippen LogP contribution >= 0.6 is 22.9 Å². The zero-order valence-electron chi connectivity index (χ0n) is 15.5. The highest BCUT2D eigenvalue weighted by molar-refractivity contribution is 7.87. The number of rotatable bonds is 4. The number of nitrogens with one attached hydrogen (secondary N) is 3. The van der Waals surface area contributed by atoms with Crippen LogP contribution in [-0.2, 0) is 15.0 Å². The van der Waals surface area contributed by atoms with Crippen LogP contribution in [-0.4, -0.2) is 46.7 Å².